The van der Waals surface area contributed by atoms with E-state index in [1.165, 1.54) is 4.90 Å². The molecule has 1 aliphatic heterocycles. The maximum Gasteiger partial charge on any atom is 0.410 e. The summed E-state index contributed by atoms with van der Waals surface area (Å²) < 4.78 is 5.41. The van der Waals surface area contributed by atoms with Gasteiger partial charge in [-0.3, -0.25) is 9.69 Å². The molecule has 4 rings (SSSR count). The van der Waals surface area contributed by atoms with Crippen LogP contribution in [0.4, 0.5) is 10.5 Å². The molecule has 0 aromatic heterocycles. The summed E-state index contributed by atoms with van der Waals surface area (Å²) in [7, 11) is 0. The normalized spacial score (nSPS) is 15.6. The lowest BCUT2D eigenvalue weighted by atomic mass is 10.1. The molecule has 5 nitrogen and oxygen atoms in total. The van der Waals surface area contributed by atoms with Gasteiger partial charge in [0, 0.05) is 12.2 Å². The van der Waals surface area contributed by atoms with Gasteiger partial charge < -0.3 is 10.1 Å². The number of hydrogen-bond donors (Lipinski definition) is 1. The third-order valence-corrected chi connectivity index (χ3v) is 5.25. The minimum atomic E-state index is -0.512. The van der Waals surface area contributed by atoms with E-state index in [-0.39, 0.29) is 12.5 Å². The largest absolute Gasteiger partial charge is 0.445 e. The van der Waals surface area contributed by atoms with E-state index in [1.54, 1.807) is 0 Å². The number of carbonyl (C=O) groups excluding carboxylic acids is 2. The lowest BCUT2D eigenvalue weighted by Crippen LogP contribution is -2.43. The molecule has 0 aliphatic carbocycles. The van der Waals surface area contributed by atoms with Gasteiger partial charge in [0.25, 0.3) is 0 Å². The highest BCUT2D eigenvalue weighted by Gasteiger charge is 2.35. The van der Waals surface area contributed by atoms with Crippen LogP contribution in [-0.4, -0.2) is 29.5 Å². The molecule has 5 heteroatoms. The first-order valence-electron chi connectivity index (χ1n) is 10.1. The number of carbonyl (C=O) groups is 2. The van der Waals surface area contributed by atoms with Crippen molar-refractivity contribution in [3.63, 3.8) is 0 Å². The number of amides is 2. The molecule has 0 spiro atoms. The van der Waals surface area contributed by atoms with Gasteiger partial charge >= 0.3 is 6.09 Å². The highest BCUT2D eigenvalue weighted by atomic mass is 16.6. The second-order valence-corrected chi connectivity index (χ2v) is 7.32. The van der Waals surface area contributed by atoms with E-state index in [4.69, 9.17) is 4.74 Å². The first-order chi connectivity index (χ1) is 14.7. The lowest BCUT2D eigenvalue weighted by molar-refractivity contribution is -0.120. The molecule has 1 fully saturated rings. The predicted octanol–water partition coefficient (Wildman–Crippen LogP) is 5.09. The molecule has 3 aromatic carbocycles. The lowest BCUT2D eigenvalue weighted by Gasteiger charge is -2.23. The topological polar surface area (TPSA) is 58.6 Å². The van der Waals surface area contributed by atoms with Crippen molar-refractivity contribution in [1.82, 2.24) is 4.90 Å². The molecule has 3 aromatic rings. The number of nitrogens with one attached hydrogen (secondary N) is 1. The van der Waals surface area contributed by atoms with Crippen LogP contribution in [0.1, 0.15) is 18.4 Å². The van der Waals surface area contributed by atoms with Crippen molar-refractivity contribution >= 4 is 17.7 Å². The van der Waals surface area contributed by atoms with Crippen molar-refractivity contribution in [1.29, 1.82) is 0 Å². The summed E-state index contributed by atoms with van der Waals surface area (Å²) in [5.41, 5.74) is 3.84. The number of ether oxygens (including phenoxy) is 1. The van der Waals surface area contributed by atoms with Crippen molar-refractivity contribution in [2.75, 3.05) is 11.9 Å². The standard InChI is InChI=1S/C25H24N2O3/c28-24(26-22-15-13-21(14-16-22)20-10-5-2-6-11-20)23-12-7-17-27(23)25(29)30-18-19-8-3-1-4-9-19/h1-6,8-11,13-16,23H,7,12,17-18H2,(H,26,28)/t23-/m1/s1. The van der Waals surface area contributed by atoms with Gasteiger partial charge in [0.15, 0.2) is 0 Å². The van der Waals surface area contributed by atoms with Crippen molar-refractivity contribution in [3.8, 4) is 11.1 Å². The molecule has 1 heterocycles. The molecule has 1 N–H and O–H groups in total. The van der Waals surface area contributed by atoms with Crippen LogP contribution in [-0.2, 0) is 16.1 Å². The molecule has 0 saturated carbocycles. The summed E-state index contributed by atoms with van der Waals surface area (Å²) in [4.78, 5) is 26.8. The van der Waals surface area contributed by atoms with Gasteiger partial charge in [0.05, 0.1) is 0 Å². The Morgan fingerprint density at radius 1 is 0.867 bits per heavy atom. The maximum absolute atomic E-state index is 12.8. The van der Waals surface area contributed by atoms with E-state index in [9.17, 15) is 9.59 Å². The van der Waals surface area contributed by atoms with Crippen LogP contribution >= 0.6 is 0 Å². The number of benzene rings is 3. The minimum absolute atomic E-state index is 0.184. The first-order valence-corrected chi connectivity index (χ1v) is 10.1. The Bertz CT molecular complexity index is 988. The number of anilines is 1. The van der Waals surface area contributed by atoms with Gasteiger partial charge in [-0.1, -0.05) is 72.8 Å². The third kappa shape index (κ3) is 4.69. The molecule has 0 radical (unpaired) electrons. The van der Waals surface area contributed by atoms with Gasteiger partial charge in [-0.25, -0.2) is 4.79 Å². The van der Waals surface area contributed by atoms with Crippen LogP contribution in [0.5, 0.6) is 0 Å². The molecular formula is C25H24N2O3. The fourth-order valence-electron chi connectivity index (χ4n) is 3.66. The Labute approximate surface area is 176 Å². The van der Waals surface area contributed by atoms with Crippen molar-refractivity contribution in [3.05, 3.63) is 90.5 Å². The number of likely N-dealkylation sites (tertiary alicyclic amines) is 1. The summed E-state index contributed by atoms with van der Waals surface area (Å²) in [5.74, 6) is -0.184. The summed E-state index contributed by atoms with van der Waals surface area (Å²) >= 11 is 0. The molecule has 1 atom stereocenters. The summed E-state index contributed by atoms with van der Waals surface area (Å²) in [6.45, 7) is 0.726. The molecule has 0 unspecified atom stereocenters. The average Bonchev–Trinajstić information content (AvgIpc) is 3.30. The van der Waals surface area contributed by atoms with Crippen LogP contribution < -0.4 is 5.32 Å². The molecule has 1 aliphatic rings. The summed E-state index contributed by atoms with van der Waals surface area (Å²) in [6, 6.07) is 26.8. The van der Waals surface area contributed by atoms with E-state index < -0.39 is 12.1 Å². The Morgan fingerprint density at radius 2 is 1.50 bits per heavy atom. The van der Waals surface area contributed by atoms with Crippen molar-refractivity contribution in [2.45, 2.75) is 25.5 Å². The van der Waals surface area contributed by atoms with E-state index in [1.807, 2.05) is 84.9 Å². The zero-order valence-electron chi connectivity index (χ0n) is 16.7. The SMILES string of the molecule is O=C(Nc1ccc(-c2ccccc2)cc1)[C@H]1CCCN1C(=O)OCc1ccccc1. The highest BCUT2D eigenvalue weighted by molar-refractivity contribution is 5.97. The molecule has 2 amide bonds. The van der Waals surface area contributed by atoms with Gasteiger partial charge in [0.1, 0.15) is 12.6 Å². The Kier molecular flexibility index (Phi) is 6.09. The van der Waals surface area contributed by atoms with Crippen molar-refractivity contribution < 1.29 is 14.3 Å². The van der Waals surface area contributed by atoms with E-state index >= 15 is 0 Å². The fourth-order valence-corrected chi connectivity index (χ4v) is 3.66. The van der Waals surface area contributed by atoms with Crippen LogP contribution in [0.2, 0.25) is 0 Å². The van der Waals surface area contributed by atoms with E-state index in [0.717, 1.165) is 23.1 Å². The average molecular weight is 400 g/mol. The Hall–Kier alpha value is -3.60. The first kappa shape index (κ1) is 19.7. The Morgan fingerprint density at radius 3 is 2.20 bits per heavy atom. The fraction of sp³-hybridized carbons (Fsp3) is 0.200. The maximum atomic E-state index is 12.8. The van der Waals surface area contributed by atoms with Gasteiger partial charge in [-0.2, -0.15) is 0 Å². The van der Waals surface area contributed by atoms with Gasteiger partial charge in [-0.05, 0) is 41.7 Å². The smallest absolute Gasteiger partial charge is 0.410 e. The quantitative estimate of drug-likeness (QED) is 0.649. The Balaban J connectivity index is 1.35. The number of rotatable bonds is 5. The van der Waals surface area contributed by atoms with Gasteiger partial charge in [-0.15, -0.1) is 0 Å². The summed E-state index contributed by atoms with van der Waals surface area (Å²) in [5, 5.41) is 2.93. The van der Waals surface area contributed by atoms with Crippen LogP contribution in [0.25, 0.3) is 11.1 Å². The van der Waals surface area contributed by atoms with Crippen LogP contribution in [0, 0.1) is 0 Å². The van der Waals surface area contributed by atoms with E-state index in [0.29, 0.717) is 18.7 Å². The van der Waals surface area contributed by atoms with Crippen LogP contribution in [0.15, 0.2) is 84.9 Å². The second kappa shape index (κ2) is 9.27. The van der Waals surface area contributed by atoms with E-state index in [2.05, 4.69) is 5.32 Å². The van der Waals surface area contributed by atoms with Crippen LogP contribution in [0.3, 0.4) is 0 Å². The molecule has 1 saturated heterocycles. The third-order valence-electron chi connectivity index (χ3n) is 5.25. The second-order valence-electron chi connectivity index (χ2n) is 7.32. The number of hydrogen-bond acceptors (Lipinski definition) is 3. The molecular weight excluding hydrogens is 376 g/mol. The zero-order chi connectivity index (χ0) is 20.8. The molecule has 0 bridgehead atoms. The monoisotopic (exact) mass is 400 g/mol. The molecule has 30 heavy (non-hydrogen) atoms. The highest BCUT2D eigenvalue weighted by Crippen LogP contribution is 2.23. The van der Waals surface area contributed by atoms with Crippen molar-refractivity contribution in [2.24, 2.45) is 0 Å². The molecule has 152 valence electrons. The van der Waals surface area contributed by atoms with Gasteiger partial charge in [0.2, 0.25) is 5.91 Å². The minimum Gasteiger partial charge on any atom is -0.445 e. The zero-order valence-corrected chi connectivity index (χ0v) is 16.7. The summed E-state index contributed by atoms with van der Waals surface area (Å²) in [6.07, 6.45) is 0.968. The predicted molar refractivity (Wildman–Crippen MR) is 117 cm³/mol. The number of nitrogens with zero attached hydrogens (tertiary/aromatic N) is 1.